The standard InChI is InChI=1S/C16H24N4O2S/c1-11-7-13(12(2)18-11)8-15(21)19-3-5-20(6-4-19)16(22)14-9-23-10-17-14/h7,14,17-18H,3-6,8-10H2,1-2H3. The van der Waals surface area contributed by atoms with E-state index in [0.29, 0.717) is 32.6 Å². The van der Waals surface area contributed by atoms with Gasteiger partial charge >= 0.3 is 0 Å². The molecule has 2 fully saturated rings. The minimum Gasteiger partial charge on any atom is -0.362 e. The number of nitrogens with zero attached hydrogens (tertiary/aromatic N) is 2. The van der Waals surface area contributed by atoms with Gasteiger partial charge in [0.1, 0.15) is 0 Å². The third-order valence-electron chi connectivity index (χ3n) is 4.56. The van der Waals surface area contributed by atoms with Crippen molar-refractivity contribution in [3.8, 4) is 0 Å². The summed E-state index contributed by atoms with van der Waals surface area (Å²) in [5.41, 5.74) is 3.22. The zero-order valence-corrected chi connectivity index (χ0v) is 14.5. The van der Waals surface area contributed by atoms with Gasteiger partial charge in [0.25, 0.3) is 0 Å². The van der Waals surface area contributed by atoms with E-state index in [-0.39, 0.29) is 17.9 Å². The number of thioether (sulfide) groups is 1. The maximum Gasteiger partial charge on any atom is 0.240 e. The number of H-pyrrole nitrogens is 1. The summed E-state index contributed by atoms with van der Waals surface area (Å²) in [7, 11) is 0. The molecule has 0 aromatic carbocycles. The largest absolute Gasteiger partial charge is 0.362 e. The number of aromatic nitrogens is 1. The summed E-state index contributed by atoms with van der Waals surface area (Å²) < 4.78 is 0. The number of aromatic amines is 1. The average Bonchev–Trinajstić information content (AvgIpc) is 3.17. The fraction of sp³-hybridized carbons (Fsp3) is 0.625. The van der Waals surface area contributed by atoms with Gasteiger partial charge < -0.3 is 14.8 Å². The lowest BCUT2D eigenvalue weighted by Gasteiger charge is -2.36. The lowest BCUT2D eigenvalue weighted by Crippen LogP contribution is -2.54. The molecular weight excluding hydrogens is 312 g/mol. The van der Waals surface area contributed by atoms with E-state index < -0.39 is 0 Å². The molecule has 6 nitrogen and oxygen atoms in total. The Kier molecular flexibility index (Phi) is 4.96. The van der Waals surface area contributed by atoms with Gasteiger partial charge in [-0.3, -0.25) is 14.9 Å². The van der Waals surface area contributed by atoms with Crippen molar-refractivity contribution < 1.29 is 9.59 Å². The van der Waals surface area contributed by atoms with Crippen LogP contribution in [-0.4, -0.2) is 70.4 Å². The monoisotopic (exact) mass is 336 g/mol. The van der Waals surface area contributed by atoms with E-state index in [2.05, 4.69) is 10.3 Å². The Labute approximate surface area is 141 Å². The molecule has 0 aliphatic carbocycles. The van der Waals surface area contributed by atoms with E-state index >= 15 is 0 Å². The topological polar surface area (TPSA) is 68.4 Å². The Hall–Kier alpha value is -1.47. The summed E-state index contributed by atoms with van der Waals surface area (Å²) in [6.45, 7) is 6.54. The van der Waals surface area contributed by atoms with Crippen molar-refractivity contribution in [2.45, 2.75) is 26.3 Å². The molecule has 2 N–H and O–H groups in total. The molecule has 126 valence electrons. The first-order chi connectivity index (χ1) is 11.0. The molecule has 1 aromatic heterocycles. The number of hydrogen-bond donors (Lipinski definition) is 2. The Morgan fingerprint density at radius 2 is 1.91 bits per heavy atom. The van der Waals surface area contributed by atoms with Crippen LogP contribution in [0.5, 0.6) is 0 Å². The molecule has 0 radical (unpaired) electrons. The maximum atomic E-state index is 12.5. The summed E-state index contributed by atoms with van der Waals surface area (Å²) in [5, 5.41) is 3.22. The molecule has 3 heterocycles. The van der Waals surface area contributed by atoms with Crippen LogP contribution in [0.2, 0.25) is 0 Å². The average molecular weight is 336 g/mol. The Bertz CT molecular complexity index is 587. The number of carbonyl (C=O) groups excluding carboxylic acids is 2. The molecule has 0 spiro atoms. The number of hydrogen-bond acceptors (Lipinski definition) is 4. The first-order valence-corrected chi connectivity index (χ1v) is 9.23. The van der Waals surface area contributed by atoms with Gasteiger partial charge in [0.15, 0.2) is 0 Å². The minimum absolute atomic E-state index is 0.0484. The van der Waals surface area contributed by atoms with E-state index in [4.69, 9.17) is 0 Å². The van der Waals surface area contributed by atoms with Crippen molar-refractivity contribution in [2.24, 2.45) is 0 Å². The number of amides is 2. The fourth-order valence-corrected chi connectivity index (χ4v) is 4.12. The normalized spacial score (nSPS) is 21.7. The van der Waals surface area contributed by atoms with Crippen molar-refractivity contribution >= 4 is 23.6 Å². The number of nitrogens with one attached hydrogen (secondary N) is 2. The predicted octanol–water partition coefficient (Wildman–Crippen LogP) is 0.507. The quantitative estimate of drug-likeness (QED) is 0.844. The van der Waals surface area contributed by atoms with Gasteiger partial charge in [-0.25, -0.2) is 0 Å². The van der Waals surface area contributed by atoms with Crippen molar-refractivity contribution in [1.82, 2.24) is 20.1 Å². The maximum absolute atomic E-state index is 12.5. The summed E-state index contributed by atoms with van der Waals surface area (Å²) in [6.07, 6.45) is 0.435. The highest BCUT2D eigenvalue weighted by molar-refractivity contribution is 7.99. The molecule has 3 rings (SSSR count). The van der Waals surface area contributed by atoms with Crippen molar-refractivity contribution in [2.75, 3.05) is 37.8 Å². The van der Waals surface area contributed by atoms with E-state index in [1.165, 1.54) is 0 Å². The molecule has 0 saturated carbocycles. The Balaban J connectivity index is 1.51. The van der Waals surface area contributed by atoms with Crippen LogP contribution in [0.1, 0.15) is 17.0 Å². The summed E-state index contributed by atoms with van der Waals surface area (Å²) in [6, 6.07) is 1.99. The van der Waals surface area contributed by atoms with Gasteiger partial charge in [-0.15, -0.1) is 11.8 Å². The Morgan fingerprint density at radius 1 is 1.22 bits per heavy atom. The van der Waals surface area contributed by atoms with Gasteiger partial charge in [0.05, 0.1) is 12.5 Å². The zero-order chi connectivity index (χ0) is 16.4. The van der Waals surface area contributed by atoms with Gasteiger partial charge in [0, 0.05) is 49.2 Å². The van der Waals surface area contributed by atoms with Crippen LogP contribution in [0.15, 0.2) is 6.07 Å². The third kappa shape index (κ3) is 3.72. The fourth-order valence-electron chi connectivity index (χ4n) is 3.19. The molecule has 1 unspecified atom stereocenters. The number of rotatable bonds is 3. The molecule has 2 aliphatic heterocycles. The predicted molar refractivity (Wildman–Crippen MR) is 91.4 cm³/mol. The van der Waals surface area contributed by atoms with Crippen LogP contribution in [0.3, 0.4) is 0 Å². The molecule has 1 aromatic rings. The molecule has 1 atom stereocenters. The van der Waals surface area contributed by atoms with Crippen LogP contribution in [-0.2, 0) is 16.0 Å². The van der Waals surface area contributed by atoms with Gasteiger partial charge in [0.2, 0.25) is 11.8 Å². The van der Waals surface area contributed by atoms with Crippen molar-refractivity contribution in [1.29, 1.82) is 0 Å². The van der Waals surface area contributed by atoms with E-state index in [1.54, 1.807) is 11.8 Å². The van der Waals surface area contributed by atoms with Gasteiger partial charge in [-0.2, -0.15) is 0 Å². The second kappa shape index (κ2) is 6.97. The van der Waals surface area contributed by atoms with Gasteiger partial charge in [-0.05, 0) is 25.5 Å². The van der Waals surface area contributed by atoms with Crippen LogP contribution in [0.4, 0.5) is 0 Å². The first-order valence-electron chi connectivity index (χ1n) is 8.07. The molecular formula is C16H24N4O2S. The van der Waals surface area contributed by atoms with E-state index in [1.807, 2.05) is 29.7 Å². The number of carbonyl (C=O) groups is 2. The van der Waals surface area contributed by atoms with Gasteiger partial charge in [-0.1, -0.05) is 0 Å². The number of piperazine rings is 1. The highest BCUT2D eigenvalue weighted by Crippen LogP contribution is 2.15. The minimum atomic E-state index is -0.0484. The molecule has 2 amide bonds. The lowest BCUT2D eigenvalue weighted by molar-refractivity contribution is -0.140. The Morgan fingerprint density at radius 3 is 2.48 bits per heavy atom. The summed E-state index contributed by atoms with van der Waals surface area (Å²) in [4.78, 5) is 31.8. The van der Waals surface area contributed by atoms with Crippen molar-refractivity contribution in [3.63, 3.8) is 0 Å². The van der Waals surface area contributed by atoms with Crippen LogP contribution >= 0.6 is 11.8 Å². The molecule has 0 bridgehead atoms. The number of aryl methyl sites for hydroxylation is 2. The summed E-state index contributed by atoms with van der Waals surface area (Å²) in [5.74, 6) is 2.03. The second-order valence-electron chi connectivity index (χ2n) is 6.26. The molecule has 2 aliphatic rings. The van der Waals surface area contributed by atoms with E-state index in [0.717, 1.165) is 28.6 Å². The molecule has 7 heteroatoms. The van der Waals surface area contributed by atoms with Crippen LogP contribution in [0, 0.1) is 13.8 Å². The SMILES string of the molecule is Cc1cc(CC(=O)N2CCN(C(=O)C3CSCN3)CC2)c(C)[nH]1. The zero-order valence-electron chi connectivity index (χ0n) is 13.7. The highest BCUT2D eigenvalue weighted by Gasteiger charge is 2.30. The van der Waals surface area contributed by atoms with Crippen LogP contribution < -0.4 is 5.32 Å². The summed E-state index contributed by atoms with van der Waals surface area (Å²) >= 11 is 1.76. The molecule has 23 heavy (non-hydrogen) atoms. The van der Waals surface area contributed by atoms with Crippen LogP contribution in [0.25, 0.3) is 0 Å². The lowest BCUT2D eigenvalue weighted by atomic mass is 10.1. The smallest absolute Gasteiger partial charge is 0.240 e. The highest BCUT2D eigenvalue weighted by atomic mass is 32.2. The van der Waals surface area contributed by atoms with Crippen molar-refractivity contribution in [3.05, 3.63) is 23.0 Å². The molecule has 2 saturated heterocycles. The first kappa shape index (κ1) is 16.4. The second-order valence-corrected chi connectivity index (χ2v) is 7.29. The third-order valence-corrected chi connectivity index (χ3v) is 5.50. The van der Waals surface area contributed by atoms with E-state index in [9.17, 15) is 9.59 Å².